The van der Waals surface area contributed by atoms with Crippen molar-refractivity contribution in [2.45, 2.75) is 25.6 Å². The summed E-state index contributed by atoms with van der Waals surface area (Å²) in [6, 6.07) is 0.453. The minimum atomic E-state index is -4.49. The molecule has 0 bridgehead atoms. The number of hydrogen-bond acceptors (Lipinski definition) is 4. The zero-order valence-corrected chi connectivity index (χ0v) is 8.62. The molecule has 0 spiro atoms. The Morgan fingerprint density at radius 1 is 1.50 bits per heavy atom. The molecule has 0 saturated heterocycles. The van der Waals surface area contributed by atoms with Gasteiger partial charge >= 0.3 is 6.18 Å². The summed E-state index contributed by atoms with van der Waals surface area (Å²) in [5.74, 6) is -0.129. The number of aromatic nitrogens is 2. The molecule has 90 valence electrons. The van der Waals surface area contributed by atoms with Crippen LogP contribution in [0.5, 0.6) is 0 Å². The molecule has 16 heavy (non-hydrogen) atoms. The van der Waals surface area contributed by atoms with E-state index in [0.29, 0.717) is 6.42 Å². The van der Waals surface area contributed by atoms with Gasteiger partial charge in [0.15, 0.2) is 0 Å². The molecule has 0 aliphatic rings. The molecular weight excluding hydrogens is 223 g/mol. The largest absolute Gasteiger partial charge is 0.433 e. The Kier molecular flexibility index (Phi) is 4.05. The Balaban J connectivity index is 2.82. The van der Waals surface area contributed by atoms with Gasteiger partial charge < -0.3 is 10.4 Å². The molecule has 1 aromatic rings. The predicted octanol–water partition coefficient (Wildman–Crippen LogP) is 1.68. The highest BCUT2D eigenvalue weighted by Gasteiger charge is 2.32. The van der Waals surface area contributed by atoms with Gasteiger partial charge in [-0.15, -0.1) is 0 Å². The van der Waals surface area contributed by atoms with Gasteiger partial charge in [-0.25, -0.2) is 9.97 Å². The number of rotatable bonds is 4. The quantitative estimate of drug-likeness (QED) is 0.833. The maximum atomic E-state index is 12.3. The highest BCUT2D eigenvalue weighted by molar-refractivity contribution is 5.27. The van der Waals surface area contributed by atoms with E-state index in [1.165, 1.54) is 0 Å². The molecule has 0 amide bonds. The van der Waals surface area contributed by atoms with Crippen LogP contribution in [0.25, 0.3) is 0 Å². The van der Waals surface area contributed by atoms with Crippen molar-refractivity contribution >= 4 is 5.95 Å². The van der Waals surface area contributed by atoms with E-state index in [9.17, 15) is 13.2 Å². The van der Waals surface area contributed by atoms with E-state index in [-0.39, 0.29) is 18.6 Å². The SMILES string of the molecule is CCC(CO)Nc1nccc(C(F)(F)F)n1. The maximum Gasteiger partial charge on any atom is 0.433 e. The van der Waals surface area contributed by atoms with Crippen molar-refractivity contribution in [3.05, 3.63) is 18.0 Å². The van der Waals surface area contributed by atoms with Crippen molar-refractivity contribution < 1.29 is 18.3 Å². The van der Waals surface area contributed by atoms with E-state index in [0.717, 1.165) is 12.3 Å². The van der Waals surface area contributed by atoms with Crippen LogP contribution in [-0.4, -0.2) is 27.7 Å². The molecule has 0 aromatic carbocycles. The number of hydrogen-bond donors (Lipinski definition) is 2. The van der Waals surface area contributed by atoms with Gasteiger partial charge in [0.05, 0.1) is 12.6 Å². The van der Waals surface area contributed by atoms with E-state index >= 15 is 0 Å². The minimum absolute atomic E-state index is 0.129. The predicted molar refractivity (Wildman–Crippen MR) is 51.8 cm³/mol. The fraction of sp³-hybridized carbons (Fsp3) is 0.556. The molecule has 0 fully saturated rings. The highest BCUT2D eigenvalue weighted by atomic mass is 19.4. The Morgan fingerprint density at radius 2 is 2.19 bits per heavy atom. The third kappa shape index (κ3) is 3.34. The second kappa shape index (κ2) is 5.11. The number of aliphatic hydroxyl groups is 1. The first kappa shape index (κ1) is 12.7. The molecule has 0 saturated carbocycles. The van der Waals surface area contributed by atoms with E-state index in [2.05, 4.69) is 15.3 Å². The first-order valence-corrected chi connectivity index (χ1v) is 4.75. The molecule has 1 rings (SSSR count). The molecule has 4 nitrogen and oxygen atoms in total. The van der Waals surface area contributed by atoms with Crippen molar-refractivity contribution in [3.8, 4) is 0 Å². The summed E-state index contributed by atoms with van der Waals surface area (Å²) in [7, 11) is 0. The number of aliphatic hydroxyl groups excluding tert-OH is 1. The van der Waals surface area contributed by atoms with Gasteiger partial charge in [-0.05, 0) is 12.5 Å². The molecule has 7 heteroatoms. The van der Waals surface area contributed by atoms with Gasteiger partial charge in [0.2, 0.25) is 5.95 Å². The minimum Gasteiger partial charge on any atom is -0.394 e. The van der Waals surface area contributed by atoms with Crippen LogP contribution in [0.15, 0.2) is 12.3 Å². The number of nitrogens with one attached hydrogen (secondary N) is 1. The fourth-order valence-corrected chi connectivity index (χ4v) is 1.05. The van der Waals surface area contributed by atoms with Gasteiger partial charge in [0, 0.05) is 6.20 Å². The Bertz CT molecular complexity index is 339. The van der Waals surface area contributed by atoms with Crippen LogP contribution in [0.2, 0.25) is 0 Å². The summed E-state index contributed by atoms with van der Waals surface area (Å²) in [6.45, 7) is 1.61. The monoisotopic (exact) mass is 235 g/mol. The van der Waals surface area contributed by atoms with Crippen LogP contribution in [0.1, 0.15) is 19.0 Å². The van der Waals surface area contributed by atoms with E-state index < -0.39 is 11.9 Å². The number of nitrogens with zero attached hydrogens (tertiary/aromatic N) is 2. The summed E-state index contributed by atoms with van der Waals surface area (Å²) >= 11 is 0. The van der Waals surface area contributed by atoms with Crippen molar-refractivity contribution in [2.24, 2.45) is 0 Å². The van der Waals surface area contributed by atoms with Crippen molar-refractivity contribution in [1.82, 2.24) is 9.97 Å². The zero-order valence-electron chi connectivity index (χ0n) is 8.62. The normalized spacial score (nSPS) is 13.6. The highest BCUT2D eigenvalue weighted by Crippen LogP contribution is 2.27. The second-order valence-corrected chi connectivity index (χ2v) is 3.20. The molecular formula is C9H12F3N3O. The lowest BCUT2D eigenvalue weighted by atomic mass is 10.2. The van der Waals surface area contributed by atoms with Gasteiger partial charge in [-0.2, -0.15) is 13.2 Å². The molecule has 1 atom stereocenters. The third-order valence-corrected chi connectivity index (χ3v) is 1.99. The smallest absolute Gasteiger partial charge is 0.394 e. The molecule has 0 aliphatic heterocycles. The fourth-order valence-electron chi connectivity index (χ4n) is 1.05. The lowest BCUT2D eigenvalue weighted by Gasteiger charge is -2.14. The van der Waals surface area contributed by atoms with Gasteiger partial charge in [-0.3, -0.25) is 0 Å². The summed E-state index contributed by atoms with van der Waals surface area (Å²) in [6.07, 6.45) is -2.89. The standard InChI is InChI=1S/C9H12F3N3O/c1-2-6(5-16)14-8-13-4-3-7(15-8)9(10,11)12/h3-4,6,16H,2,5H2,1H3,(H,13,14,15). The topological polar surface area (TPSA) is 58.0 Å². The Labute approximate surface area is 90.5 Å². The second-order valence-electron chi connectivity index (χ2n) is 3.20. The van der Waals surface area contributed by atoms with E-state index in [1.54, 1.807) is 6.92 Å². The number of alkyl halides is 3. The molecule has 1 heterocycles. The van der Waals surface area contributed by atoms with Crippen molar-refractivity contribution in [1.29, 1.82) is 0 Å². The van der Waals surface area contributed by atoms with Crippen LogP contribution >= 0.6 is 0 Å². The van der Waals surface area contributed by atoms with Crippen LogP contribution in [-0.2, 0) is 6.18 Å². The summed E-state index contributed by atoms with van der Waals surface area (Å²) < 4.78 is 36.9. The summed E-state index contributed by atoms with van der Waals surface area (Å²) in [4.78, 5) is 6.98. The Morgan fingerprint density at radius 3 is 2.69 bits per heavy atom. The van der Waals surface area contributed by atoms with Crippen LogP contribution < -0.4 is 5.32 Å². The first-order valence-electron chi connectivity index (χ1n) is 4.75. The number of halogens is 3. The maximum absolute atomic E-state index is 12.3. The van der Waals surface area contributed by atoms with Crippen LogP contribution in [0.3, 0.4) is 0 Å². The lowest BCUT2D eigenvalue weighted by Crippen LogP contribution is -2.24. The average Bonchev–Trinajstić information content (AvgIpc) is 2.25. The molecule has 0 radical (unpaired) electrons. The van der Waals surface area contributed by atoms with Gasteiger partial charge in [-0.1, -0.05) is 6.92 Å². The lowest BCUT2D eigenvalue weighted by molar-refractivity contribution is -0.141. The van der Waals surface area contributed by atoms with Crippen LogP contribution in [0, 0.1) is 0 Å². The van der Waals surface area contributed by atoms with Gasteiger partial charge in [0.25, 0.3) is 0 Å². The summed E-state index contributed by atoms with van der Waals surface area (Å²) in [5.41, 5.74) is -1.00. The molecule has 1 unspecified atom stereocenters. The third-order valence-electron chi connectivity index (χ3n) is 1.99. The first-order chi connectivity index (χ1) is 7.47. The van der Waals surface area contributed by atoms with Crippen molar-refractivity contribution in [3.63, 3.8) is 0 Å². The van der Waals surface area contributed by atoms with E-state index in [4.69, 9.17) is 5.11 Å². The molecule has 1 aromatic heterocycles. The van der Waals surface area contributed by atoms with Crippen LogP contribution in [0.4, 0.5) is 19.1 Å². The van der Waals surface area contributed by atoms with Gasteiger partial charge in [0.1, 0.15) is 5.69 Å². The molecule has 0 aliphatic carbocycles. The van der Waals surface area contributed by atoms with Crippen molar-refractivity contribution in [2.75, 3.05) is 11.9 Å². The zero-order chi connectivity index (χ0) is 12.2. The number of anilines is 1. The Hall–Kier alpha value is -1.37. The summed E-state index contributed by atoms with van der Waals surface area (Å²) in [5, 5.41) is 11.5. The van der Waals surface area contributed by atoms with E-state index in [1.807, 2.05) is 0 Å². The average molecular weight is 235 g/mol. The molecule has 2 N–H and O–H groups in total.